The van der Waals surface area contributed by atoms with E-state index < -0.39 is 0 Å². The summed E-state index contributed by atoms with van der Waals surface area (Å²) in [6.45, 7) is 3.22. The molecular formula is C22H30N4O2. The molecule has 1 aromatic carbocycles. The average molecular weight is 383 g/mol. The molecular weight excluding hydrogens is 352 g/mol. The molecule has 6 heteroatoms. The lowest BCUT2D eigenvalue weighted by atomic mass is 9.78. The summed E-state index contributed by atoms with van der Waals surface area (Å²) in [4.78, 5) is 14.6. The van der Waals surface area contributed by atoms with Crippen LogP contribution in [0.3, 0.4) is 0 Å². The standard InChI is InChI=1S/C22H30N4O2/c1-25-14-18(13-24-25)21(27)26-10-8-22(9-11-26,16-28-2)15-23-20-12-19(20)17-6-4-3-5-7-17/h3-7,13-14,19-20,23H,8-12,15-16H2,1-2H3. The zero-order chi connectivity index (χ0) is 19.6. The van der Waals surface area contributed by atoms with Gasteiger partial charge in [-0.2, -0.15) is 5.10 Å². The Bertz CT molecular complexity index is 796. The lowest BCUT2D eigenvalue weighted by molar-refractivity contribution is 0.0202. The van der Waals surface area contributed by atoms with E-state index in [0.29, 0.717) is 17.5 Å². The van der Waals surface area contributed by atoms with Crippen molar-refractivity contribution in [2.24, 2.45) is 12.5 Å². The van der Waals surface area contributed by atoms with Crippen LogP contribution in [0.2, 0.25) is 0 Å². The molecule has 2 aromatic rings. The molecule has 0 bridgehead atoms. The van der Waals surface area contributed by atoms with Crippen molar-refractivity contribution in [3.8, 4) is 0 Å². The number of aryl methyl sites for hydroxylation is 1. The summed E-state index contributed by atoms with van der Waals surface area (Å²) < 4.78 is 7.25. The number of aromatic nitrogens is 2. The van der Waals surface area contributed by atoms with Crippen LogP contribution in [0, 0.1) is 5.41 Å². The molecule has 2 atom stereocenters. The van der Waals surface area contributed by atoms with Crippen molar-refractivity contribution in [1.29, 1.82) is 0 Å². The number of hydrogen-bond donors (Lipinski definition) is 1. The Kier molecular flexibility index (Phi) is 5.51. The Balaban J connectivity index is 1.31. The molecule has 1 aliphatic carbocycles. The Morgan fingerprint density at radius 2 is 2.04 bits per heavy atom. The second-order valence-corrected chi connectivity index (χ2v) is 8.37. The van der Waals surface area contributed by atoms with E-state index >= 15 is 0 Å². The quantitative estimate of drug-likeness (QED) is 0.799. The van der Waals surface area contributed by atoms with Gasteiger partial charge in [0.05, 0.1) is 18.4 Å². The maximum Gasteiger partial charge on any atom is 0.257 e. The third kappa shape index (κ3) is 4.13. The van der Waals surface area contributed by atoms with Crippen LogP contribution in [0.15, 0.2) is 42.7 Å². The molecule has 1 amide bonds. The molecule has 4 rings (SSSR count). The van der Waals surface area contributed by atoms with Gasteiger partial charge in [-0.05, 0) is 24.8 Å². The number of carbonyl (C=O) groups excluding carboxylic acids is 1. The molecule has 2 fully saturated rings. The Morgan fingerprint density at radius 3 is 2.68 bits per heavy atom. The van der Waals surface area contributed by atoms with E-state index in [-0.39, 0.29) is 11.3 Å². The third-order valence-corrected chi connectivity index (χ3v) is 6.27. The fraction of sp³-hybridized carbons (Fsp3) is 0.545. The normalized spacial score (nSPS) is 23.6. The molecule has 1 aliphatic heterocycles. The zero-order valence-corrected chi connectivity index (χ0v) is 16.8. The molecule has 28 heavy (non-hydrogen) atoms. The van der Waals surface area contributed by atoms with E-state index in [1.165, 1.54) is 12.0 Å². The Morgan fingerprint density at radius 1 is 1.29 bits per heavy atom. The number of rotatable bonds is 7. The van der Waals surface area contributed by atoms with Crippen molar-refractivity contribution in [2.45, 2.75) is 31.2 Å². The van der Waals surface area contributed by atoms with E-state index in [2.05, 4.69) is 40.7 Å². The van der Waals surface area contributed by atoms with Crippen molar-refractivity contribution >= 4 is 5.91 Å². The lowest BCUT2D eigenvalue weighted by Gasteiger charge is -2.41. The number of nitrogens with one attached hydrogen (secondary N) is 1. The summed E-state index contributed by atoms with van der Waals surface area (Å²) in [6, 6.07) is 11.3. The van der Waals surface area contributed by atoms with Gasteiger partial charge in [-0.25, -0.2) is 0 Å². The maximum absolute atomic E-state index is 12.7. The van der Waals surface area contributed by atoms with Gasteiger partial charge in [-0.1, -0.05) is 30.3 Å². The zero-order valence-electron chi connectivity index (χ0n) is 16.8. The number of nitrogens with zero attached hydrogens (tertiary/aromatic N) is 3. The smallest absolute Gasteiger partial charge is 0.257 e. The van der Waals surface area contributed by atoms with Gasteiger partial charge < -0.3 is 15.0 Å². The second-order valence-electron chi connectivity index (χ2n) is 8.37. The fourth-order valence-electron chi connectivity index (χ4n) is 4.41. The van der Waals surface area contributed by atoms with Crippen LogP contribution in [0.1, 0.15) is 41.1 Å². The van der Waals surface area contributed by atoms with Crippen LogP contribution in [-0.4, -0.2) is 60.0 Å². The summed E-state index contributed by atoms with van der Waals surface area (Å²) in [5.41, 5.74) is 2.20. The van der Waals surface area contributed by atoms with E-state index in [9.17, 15) is 4.79 Å². The predicted octanol–water partition coefficient (Wildman–Crippen LogP) is 2.43. The van der Waals surface area contributed by atoms with Crippen molar-refractivity contribution in [3.63, 3.8) is 0 Å². The Hall–Kier alpha value is -2.18. The molecule has 1 aromatic heterocycles. The lowest BCUT2D eigenvalue weighted by Crippen LogP contribution is -2.49. The van der Waals surface area contributed by atoms with Crippen molar-refractivity contribution in [1.82, 2.24) is 20.0 Å². The number of benzene rings is 1. The number of amides is 1. The van der Waals surface area contributed by atoms with Gasteiger partial charge in [0.2, 0.25) is 0 Å². The largest absolute Gasteiger partial charge is 0.384 e. The van der Waals surface area contributed by atoms with Gasteiger partial charge >= 0.3 is 0 Å². The molecule has 2 aliphatic rings. The minimum Gasteiger partial charge on any atom is -0.384 e. The molecule has 1 N–H and O–H groups in total. The van der Waals surface area contributed by atoms with Crippen molar-refractivity contribution < 1.29 is 9.53 Å². The summed E-state index contributed by atoms with van der Waals surface area (Å²) in [6.07, 6.45) is 6.57. The first-order valence-corrected chi connectivity index (χ1v) is 10.2. The second kappa shape index (κ2) is 8.05. The highest BCUT2D eigenvalue weighted by atomic mass is 16.5. The van der Waals surface area contributed by atoms with Crippen molar-refractivity contribution in [2.75, 3.05) is 33.4 Å². The number of ether oxygens (including phenoxy) is 1. The molecule has 150 valence electrons. The first kappa shape index (κ1) is 19.2. The monoisotopic (exact) mass is 382 g/mol. The first-order chi connectivity index (χ1) is 13.6. The number of likely N-dealkylation sites (tertiary alicyclic amines) is 1. The van der Waals surface area contributed by atoms with Gasteiger partial charge in [-0.3, -0.25) is 9.48 Å². The number of hydrogen-bond acceptors (Lipinski definition) is 4. The van der Waals surface area contributed by atoms with Crippen LogP contribution in [0.25, 0.3) is 0 Å². The molecule has 0 spiro atoms. The topological polar surface area (TPSA) is 59.4 Å². The van der Waals surface area contributed by atoms with Gasteiger partial charge in [0.25, 0.3) is 5.91 Å². The van der Waals surface area contributed by atoms with Crippen LogP contribution in [-0.2, 0) is 11.8 Å². The molecule has 2 unspecified atom stereocenters. The van der Waals surface area contributed by atoms with Crippen molar-refractivity contribution in [3.05, 3.63) is 53.9 Å². The molecule has 1 saturated carbocycles. The highest BCUT2D eigenvalue weighted by Crippen LogP contribution is 2.42. The summed E-state index contributed by atoms with van der Waals surface area (Å²) in [5.74, 6) is 0.714. The van der Waals surface area contributed by atoms with E-state index in [1.807, 2.05) is 11.9 Å². The minimum atomic E-state index is 0.0819. The minimum absolute atomic E-state index is 0.0819. The van der Waals surface area contributed by atoms with Crippen LogP contribution < -0.4 is 5.32 Å². The van der Waals surface area contributed by atoms with Gasteiger partial charge in [0.15, 0.2) is 0 Å². The van der Waals surface area contributed by atoms with Crippen LogP contribution >= 0.6 is 0 Å². The maximum atomic E-state index is 12.7. The number of methoxy groups -OCH3 is 1. The number of piperidine rings is 1. The van der Waals surface area contributed by atoms with Crippen LogP contribution in [0.4, 0.5) is 0 Å². The predicted molar refractivity (Wildman–Crippen MR) is 108 cm³/mol. The number of carbonyl (C=O) groups is 1. The summed E-state index contributed by atoms with van der Waals surface area (Å²) >= 11 is 0. The Labute approximate surface area is 166 Å². The van der Waals surface area contributed by atoms with E-state index in [4.69, 9.17) is 4.74 Å². The van der Waals surface area contributed by atoms with Gasteiger partial charge in [0.1, 0.15) is 0 Å². The molecule has 6 nitrogen and oxygen atoms in total. The molecule has 2 heterocycles. The molecule has 1 saturated heterocycles. The van der Waals surface area contributed by atoms with Crippen LogP contribution in [0.5, 0.6) is 0 Å². The highest BCUT2D eigenvalue weighted by molar-refractivity contribution is 5.93. The molecule has 0 radical (unpaired) electrons. The highest BCUT2D eigenvalue weighted by Gasteiger charge is 2.42. The fourth-order valence-corrected chi connectivity index (χ4v) is 4.41. The van der Waals surface area contributed by atoms with Gasteiger partial charge in [-0.15, -0.1) is 0 Å². The summed E-state index contributed by atoms with van der Waals surface area (Å²) in [5, 5.41) is 7.90. The third-order valence-electron chi connectivity index (χ3n) is 6.27. The SMILES string of the molecule is COCC1(CNC2CC2c2ccccc2)CCN(C(=O)c2cnn(C)c2)CC1. The van der Waals surface area contributed by atoms with Gasteiger partial charge in [0, 0.05) is 57.4 Å². The average Bonchev–Trinajstić information content (AvgIpc) is 3.38. The van der Waals surface area contributed by atoms with E-state index in [1.54, 1.807) is 24.2 Å². The first-order valence-electron chi connectivity index (χ1n) is 10.2. The van der Waals surface area contributed by atoms with E-state index in [0.717, 1.165) is 39.1 Å². The summed E-state index contributed by atoms with van der Waals surface area (Å²) in [7, 11) is 3.61.